The molecule has 6 heteroatoms. The first-order valence-electron chi connectivity index (χ1n) is 12.9. The van der Waals surface area contributed by atoms with Gasteiger partial charge in [0.15, 0.2) is 5.78 Å². The minimum atomic E-state index is -0.207. The Hall–Kier alpha value is -2.57. The van der Waals surface area contributed by atoms with Gasteiger partial charge in [-0.15, -0.1) is 0 Å². The lowest BCUT2D eigenvalue weighted by Gasteiger charge is -2.32. The number of amides is 1. The van der Waals surface area contributed by atoms with Crippen LogP contribution in [0.3, 0.4) is 0 Å². The molecule has 4 rings (SSSR count). The van der Waals surface area contributed by atoms with E-state index in [2.05, 4.69) is 17.0 Å². The Morgan fingerprint density at radius 2 is 1.74 bits per heavy atom. The second-order valence-corrected chi connectivity index (χ2v) is 10.4. The second-order valence-electron chi connectivity index (χ2n) is 10.4. The molecule has 0 aromatic heterocycles. The second kappa shape index (κ2) is 11.9. The Labute approximate surface area is 208 Å². The Morgan fingerprint density at radius 3 is 2.46 bits per heavy atom. The van der Waals surface area contributed by atoms with Gasteiger partial charge >= 0.3 is 0 Å². The normalized spacial score (nSPS) is 17.3. The van der Waals surface area contributed by atoms with Crippen molar-refractivity contribution in [3.63, 3.8) is 0 Å². The summed E-state index contributed by atoms with van der Waals surface area (Å²) in [4.78, 5) is 31.6. The molecule has 0 N–H and O–H groups in total. The lowest BCUT2D eigenvalue weighted by molar-refractivity contribution is -0.133. The third-order valence-corrected chi connectivity index (χ3v) is 7.36. The van der Waals surface area contributed by atoms with Crippen LogP contribution in [0.15, 0.2) is 42.5 Å². The van der Waals surface area contributed by atoms with Gasteiger partial charge in [0.2, 0.25) is 5.91 Å². The van der Waals surface area contributed by atoms with Gasteiger partial charge in [-0.1, -0.05) is 24.3 Å². The number of halogens is 1. The smallest absolute Gasteiger partial charge is 0.236 e. The number of fused-ring (bicyclic) bond motifs is 1. The Kier molecular flexibility index (Phi) is 8.69. The number of aryl methyl sites for hydroxylation is 1. The predicted molar refractivity (Wildman–Crippen MR) is 137 cm³/mol. The van der Waals surface area contributed by atoms with Gasteiger partial charge in [0, 0.05) is 38.2 Å². The molecule has 2 aromatic carbocycles. The molecule has 1 fully saturated rings. The first-order chi connectivity index (χ1) is 16.9. The van der Waals surface area contributed by atoms with Gasteiger partial charge in [0.25, 0.3) is 0 Å². The zero-order valence-electron chi connectivity index (χ0n) is 21.1. The van der Waals surface area contributed by atoms with Crippen LogP contribution in [-0.4, -0.2) is 66.7 Å². The number of likely N-dealkylation sites (N-methyl/N-ethyl adjacent to an activating group) is 1. The summed E-state index contributed by atoms with van der Waals surface area (Å²) in [5.41, 5.74) is 4.49. The first kappa shape index (κ1) is 25.5. The number of benzene rings is 2. The van der Waals surface area contributed by atoms with Gasteiger partial charge in [0.1, 0.15) is 5.82 Å². The number of likely N-dealkylation sites (tertiary alicyclic amines) is 1. The molecule has 0 atom stereocenters. The molecular weight excluding hydrogens is 441 g/mol. The fourth-order valence-electron chi connectivity index (χ4n) is 5.31. The van der Waals surface area contributed by atoms with Crippen molar-refractivity contribution in [2.45, 2.75) is 51.6 Å². The summed E-state index contributed by atoms with van der Waals surface area (Å²) in [6, 6.07) is 13.0. The fraction of sp³-hybridized carbons (Fsp3) is 0.517. The van der Waals surface area contributed by atoms with Gasteiger partial charge in [-0.25, -0.2) is 4.39 Å². The third kappa shape index (κ3) is 7.21. The molecule has 0 aliphatic carbocycles. The summed E-state index contributed by atoms with van der Waals surface area (Å²) < 4.78 is 13.3. The van der Waals surface area contributed by atoms with E-state index in [1.54, 1.807) is 0 Å². The van der Waals surface area contributed by atoms with E-state index in [1.807, 2.05) is 42.1 Å². The maximum absolute atomic E-state index is 13.3. The van der Waals surface area contributed by atoms with Crippen molar-refractivity contribution in [1.82, 2.24) is 14.7 Å². The minimum Gasteiger partial charge on any atom is -0.342 e. The summed E-state index contributed by atoms with van der Waals surface area (Å²) >= 11 is 0. The van der Waals surface area contributed by atoms with Crippen LogP contribution in [0.2, 0.25) is 0 Å². The van der Waals surface area contributed by atoms with Crippen LogP contribution >= 0.6 is 0 Å². The van der Waals surface area contributed by atoms with Gasteiger partial charge in [-0.05, 0) is 93.6 Å². The number of Topliss-reactive ketones (excluding diaryl/α,β-unsaturated/α-hetero) is 1. The summed E-state index contributed by atoms with van der Waals surface area (Å²) in [7, 11) is 3.84. The monoisotopic (exact) mass is 479 g/mol. The van der Waals surface area contributed by atoms with Crippen molar-refractivity contribution >= 4 is 11.7 Å². The number of rotatable bonds is 8. The lowest BCUT2D eigenvalue weighted by atomic mass is 9.89. The number of ketones is 1. The lowest BCUT2D eigenvalue weighted by Crippen LogP contribution is -2.42. The topological polar surface area (TPSA) is 43.9 Å². The molecule has 1 saturated heterocycles. The quantitative estimate of drug-likeness (QED) is 0.522. The highest BCUT2D eigenvalue weighted by molar-refractivity contribution is 5.96. The van der Waals surface area contributed by atoms with Crippen molar-refractivity contribution in [2.75, 3.05) is 40.3 Å². The molecule has 0 unspecified atom stereocenters. The molecule has 5 nitrogen and oxygen atoms in total. The summed E-state index contributed by atoms with van der Waals surface area (Å²) in [6.45, 7) is 4.65. The SMILES string of the molecule is CN(C)CC(=O)N1CCC(CCC(=O)c2ccc3c(c2)CN(Cc2ccc(F)cc2)CCC3)CC1. The average Bonchev–Trinajstić information content (AvgIpc) is 3.05. The number of hydrogen-bond donors (Lipinski definition) is 0. The first-order valence-corrected chi connectivity index (χ1v) is 12.9. The van der Waals surface area contributed by atoms with Crippen molar-refractivity contribution in [3.8, 4) is 0 Å². The minimum absolute atomic E-state index is 0.197. The molecule has 0 radical (unpaired) electrons. The predicted octanol–water partition coefficient (Wildman–Crippen LogP) is 4.54. The molecule has 0 spiro atoms. The molecule has 0 bridgehead atoms. The molecule has 2 aliphatic rings. The largest absolute Gasteiger partial charge is 0.342 e. The van der Waals surface area contributed by atoms with E-state index >= 15 is 0 Å². The van der Waals surface area contributed by atoms with Crippen molar-refractivity contribution in [3.05, 3.63) is 70.5 Å². The Bertz CT molecular complexity index is 1010. The van der Waals surface area contributed by atoms with Crippen LogP contribution in [0, 0.1) is 11.7 Å². The van der Waals surface area contributed by atoms with Gasteiger partial charge < -0.3 is 9.80 Å². The van der Waals surface area contributed by atoms with E-state index in [-0.39, 0.29) is 17.5 Å². The van der Waals surface area contributed by atoms with E-state index in [0.717, 1.165) is 76.0 Å². The maximum atomic E-state index is 13.3. The maximum Gasteiger partial charge on any atom is 0.236 e. The average molecular weight is 480 g/mol. The fourth-order valence-corrected chi connectivity index (χ4v) is 5.31. The van der Waals surface area contributed by atoms with E-state index in [0.29, 0.717) is 18.9 Å². The van der Waals surface area contributed by atoms with E-state index in [9.17, 15) is 14.0 Å². The molecule has 2 aromatic rings. The summed E-state index contributed by atoms with van der Waals surface area (Å²) in [5.74, 6) is 0.715. The highest BCUT2D eigenvalue weighted by Gasteiger charge is 2.24. The molecule has 188 valence electrons. The molecule has 35 heavy (non-hydrogen) atoms. The summed E-state index contributed by atoms with van der Waals surface area (Å²) in [6.07, 6.45) is 5.52. The van der Waals surface area contributed by atoms with Crippen molar-refractivity contribution in [2.24, 2.45) is 5.92 Å². The third-order valence-electron chi connectivity index (χ3n) is 7.36. The molecule has 2 aliphatic heterocycles. The highest BCUT2D eigenvalue weighted by Crippen LogP contribution is 2.25. The number of nitrogens with zero attached hydrogens (tertiary/aromatic N) is 3. The van der Waals surface area contributed by atoms with E-state index < -0.39 is 0 Å². The van der Waals surface area contributed by atoms with Gasteiger partial charge in [-0.3, -0.25) is 14.5 Å². The number of piperidine rings is 1. The standard InChI is InChI=1S/C29H38FN3O2/c1-31(2)21-29(35)33-16-13-22(14-17-33)7-12-28(34)25-9-8-24-4-3-15-32(20-26(24)18-25)19-23-5-10-27(30)11-6-23/h5-6,8-11,18,22H,3-4,7,12-17,19-21H2,1-2H3. The van der Waals surface area contributed by atoms with Crippen LogP contribution in [0.25, 0.3) is 0 Å². The van der Waals surface area contributed by atoms with E-state index in [4.69, 9.17) is 0 Å². The van der Waals surface area contributed by atoms with Gasteiger partial charge in [-0.2, -0.15) is 0 Å². The molecular formula is C29H38FN3O2. The zero-order chi connectivity index (χ0) is 24.8. The van der Waals surface area contributed by atoms with Crippen LogP contribution < -0.4 is 0 Å². The van der Waals surface area contributed by atoms with Crippen LogP contribution in [0.1, 0.15) is 59.2 Å². The molecule has 2 heterocycles. The Morgan fingerprint density at radius 1 is 1.00 bits per heavy atom. The van der Waals surface area contributed by atoms with E-state index in [1.165, 1.54) is 23.3 Å². The Balaban J connectivity index is 1.30. The molecule has 0 saturated carbocycles. The number of hydrogen-bond acceptors (Lipinski definition) is 4. The molecule has 1 amide bonds. The van der Waals surface area contributed by atoms with Gasteiger partial charge in [0.05, 0.1) is 6.54 Å². The number of carbonyl (C=O) groups is 2. The highest BCUT2D eigenvalue weighted by atomic mass is 19.1. The number of carbonyl (C=O) groups excluding carboxylic acids is 2. The summed E-state index contributed by atoms with van der Waals surface area (Å²) in [5, 5.41) is 0. The van der Waals surface area contributed by atoms with Crippen LogP contribution in [-0.2, 0) is 24.3 Å². The van der Waals surface area contributed by atoms with Crippen molar-refractivity contribution < 1.29 is 14.0 Å². The zero-order valence-corrected chi connectivity index (χ0v) is 21.1. The van der Waals surface area contributed by atoms with Crippen LogP contribution in [0.4, 0.5) is 4.39 Å². The van der Waals surface area contributed by atoms with Crippen molar-refractivity contribution in [1.29, 1.82) is 0 Å². The van der Waals surface area contributed by atoms with Crippen LogP contribution in [0.5, 0.6) is 0 Å².